The van der Waals surface area contributed by atoms with E-state index in [1.54, 1.807) is 31.2 Å². The molecule has 0 bridgehead atoms. The Kier molecular flexibility index (Phi) is 9.24. The third-order valence-electron chi connectivity index (χ3n) is 4.88. The SMILES string of the molecule is CCOC(=O)Oc1ccc(C(=O)Nc2ccc(CNC(=O)Cc3ccc(OCC)cc3)cc2)cc1. The van der Waals surface area contributed by atoms with Crippen molar-refractivity contribution >= 4 is 23.7 Å². The van der Waals surface area contributed by atoms with Gasteiger partial charge in [-0.2, -0.15) is 0 Å². The highest BCUT2D eigenvalue weighted by atomic mass is 16.7. The van der Waals surface area contributed by atoms with Crippen LogP contribution in [0.25, 0.3) is 0 Å². The number of hydrogen-bond acceptors (Lipinski definition) is 6. The first-order chi connectivity index (χ1) is 17.0. The summed E-state index contributed by atoms with van der Waals surface area (Å²) < 4.78 is 15.1. The maximum atomic E-state index is 12.5. The highest BCUT2D eigenvalue weighted by Crippen LogP contribution is 2.16. The van der Waals surface area contributed by atoms with E-state index in [-0.39, 0.29) is 30.6 Å². The average molecular weight is 477 g/mol. The lowest BCUT2D eigenvalue weighted by Crippen LogP contribution is -2.24. The lowest BCUT2D eigenvalue weighted by Gasteiger charge is -2.09. The molecule has 3 rings (SSSR count). The zero-order valence-electron chi connectivity index (χ0n) is 19.7. The van der Waals surface area contributed by atoms with Crippen molar-refractivity contribution in [2.75, 3.05) is 18.5 Å². The molecule has 8 heteroatoms. The van der Waals surface area contributed by atoms with Crippen LogP contribution in [0, 0.1) is 0 Å². The fourth-order valence-electron chi connectivity index (χ4n) is 3.15. The van der Waals surface area contributed by atoms with Gasteiger partial charge in [0.25, 0.3) is 5.91 Å². The van der Waals surface area contributed by atoms with Gasteiger partial charge in [-0.3, -0.25) is 9.59 Å². The van der Waals surface area contributed by atoms with Crippen molar-refractivity contribution in [3.05, 3.63) is 89.5 Å². The highest BCUT2D eigenvalue weighted by molar-refractivity contribution is 6.04. The summed E-state index contributed by atoms with van der Waals surface area (Å²) in [6.45, 7) is 4.80. The molecule has 0 radical (unpaired) electrons. The van der Waals surface area contributed by atoms with E-state index in [0.29, 0.717) is 24.4 Å². The lowest BCUT2D eigenvalue weighted by atomic mass is 10.1. The Labute approximate surface area is 204 Å². The highest BCUT2D eigenvalue weighted by Gasteiger charge is 2.09. The molecule has 0 aliphatic carbocycles. The van der Waals surface area contributed by atoms with Crippen LogP contribution in [0.4, 0.5) is 10.5 Å². The molecule has 0 aliphatic rings. The summed E-state index contributed by atoms with van der Waals surface area (Å²) >= 11 is 0. The number of rotatable bonds is 10. The molecule has 0 aromatic heterocycles. The van der Waals surface area contributed by atoms with Crippen molar-refractivity contribution in [2.24, 2.45) is 0 Å². The van der Waals surface area contributed by atoms with Crippen molar-refractivity contribution in [3.8, 4) is 11.5 Å². The van der Waals surface area contributed by atoms with E-state index in [4.69, 9.17) is 14.2 Å². The molecule has 8 nitrogen and oxygen atoms in total. The number of amides is 2. The number of carbonyl (C=O) groups is 3. The van der Waals surface area contributed by atoms with Crippen molar-refractivity contribution in [3.63, 3.8) is 0 Å². The molecule has 35 heavy (non-hydrogen) atoms. The zero-order chi connectivity index (χ0) is 25.0. The van der Waals surface area contributed by atoms with Gasteiger partial charge in [-0.1, -0.05) is 24.3 Å². The van der Waals surface area contributed by atoms with Gasteiger partial charge in [0, 0.05) is 17.8 Å². The third-order valence-corrected chi connectivity index (χ3v) is 4.88. The molecule has 3 aromatic rings. The van der Waals surface area contributed by atoms with Crippen LogP contribution in [0.5, 0.6) is 11.5 Å². The Morgan fingerprint density at radius 3 is 2.00 bits per heavy atom. The number of hydrogen-bond donors (Lipinski definition) is 2. The molecule has 0 unspecified atom stereocenters. The maximum Gasteiger partial charge on any atom is 0.513 e. The summed E-state index contributed by atoms with van der Waals surface area (Å²) in [5, 5.41) is 5.71. The van der Waals surface area contributed by atoms with Crippen LogP contribution >= 0.6 is 0 Å². The first-order valence-corrected chi connectivity index (χ1v) is 11.3. The summed E-state index contributed by atoms with van der Waals surface area (Å²) in [6, 6.07) is 20.8. The molecular weight excluding hydrogens is 448 g/mol. The van der Waals surface area contributed by atoms with Gasteiger partial charge in [0.2, 0.25) is 5.91 Å². The van der Waals surface area contributed by atoms with Crippen molar-refractivity contribution < 1.29 is 28.6 Å². The minimum absolute atomic E-state index is 0.0816. The van der Waals surface area contributed by atoms with Gasteiger partial charge in [0.15, 0.2) is 0 Å². The summed E-state index contributed by atoms with van der Waals surface area (Å²) in [5.41, 5.74) is 2.84. The quantitative estimate of drug-likeness (QED) is 0.324. The Bertz CT molecular complexity index is 1130. The molecule has 3 aromatic carbocycles. The third kappa shape index (κ3) is 8.19. The molecule has 0 saturated heterocycles. The molecule has 0 spiro atoms. The van der Waals surface area contributed by atoms with E-state index in [1.807, 2.05) is 43.3 Å². The fraction of sp³-hybridized carbons (Fsp3) is 0.222. The Morgan fingerprint density at radius 1 is 0.743 bits per heavy atom. The Hall–Kier alpha value is -4.33. The van der Waals surface area contributed by atoms with Crippen LogP contribution in [0.1, 0.15) is 35.3 Å². The molecule has 0 heterocycles. The van der Waals surface area contributed by atoms with Crippen LogP contribution in [0.3, 0.4) is 0 Å². The van der Waals surface area contributed by atoms with Crippen LogP contribution in [-0.2, 0) is 22.5 Å². The standard InChI is InChI=1S/C27H28N2O6/c1-3-33-23-13-7-19(8-14-23)17-25(30)28-18-20-5-11-22(12-6-20)29-26(31)21-9-15-24(16-10-21)35-27(32)34-4-2/h5-16H,3-4,17-18H2,1-2H3,(H,28,30)(H,29,31). The minimum atomic E-state index is -0.794. The summed E-state index contributed by atoms with van der Waals surface area (Å²) in [7, 11) is 0. The number of anilines is 1. The summed E-state index contributed by atoms with van der Waals surface area (Å²) in [6.07, 6.45) is -0.512. The normalized spacial score (nSPS) is 10.2. The fourth-order valence-corrected chi connectivity index (χ4v) is 3.15. The van der Waals surface area contributed by atoms with Crippen LogP contribution in [0.15, 0.2) is 72.8 Å². The molecule has 182 valence electrons. The Balaban J connectivity index is 1.45. The second kappa shape index (κ2) is 12.8. The smallest absolute Gasteiger partial charge is 0.494 e. The van der Waals surface area contributed by atoms with E-state index in [2.05, 4.69) is 10.6 Å². The molecule has 2 amide bonds. The number of benzene rings is 3. The molecule has 0 fully saturated rings. The van der Waals surface area contributed by atoms with E-state index in [9.17, 15) is 14.4 Å². The van der Waals surface area contributed by atoms with Gasteiger partial charge >= 0.3 is 6.16 Å². The van der Waals surface area contributed by atoms with Crippen molar-refractivity contribution in [1.82, 2.24) is 5.32 Å². The van der Waals surface area contributed by atoms with E-state index in [0.717, 1.165) is 16.9 Å². The van der Waals surface area contributed by atoms with Gasteiger partial charge in [0.1, 0.15) is 11.5 Å². The second-order valence-electron chi connectivity index (χ2n) is 7.49. The minimum Gasteiger partial charge on any atom is -0.494 e. The maximum absolute atomic E-state index is 12.5. The monoisotopic (exact) mass is 476 g/mol. The first kappa shape index (κ1) is 25.3. The van der Waals surface area contributed by atoms with Crippen molar-refractivity contribution in [1.29, 1.82) is 0 Å². The molecule has 0 saturated carbocycles. The van der Waals surface area contributed by atoms with Gasteiger partial charge in [-0.25, -0.2) is 4.79 Å². The van der Waals surface area contributed by atoms with E-state index >= 15 is 0 Å². The van der Waals surface area contributed by atoms with Gasteiger partial charge in [-0.05, 0) is 73.5 Å². The van der Waals surface area contributed by atoms with Crippen LogP contribution in [0.2, 0.25) is 0 Å². The lowest BCUT2D eigenvalue weighted by molar-refractivity contribution is -0.120. The van der Waals surface area contributed by atoms with E-state index < -0.39 is 6.16 Å². The van der Waals surface area contributed by atoms with Gasteiger partial charge < -0.3 is 24.8 Å². The predicted octanol–water partition coefficient (Wildman–Crippen LogP) is 4.73. The summed E-state index contributed by atoms with van der Waals surface area (Å²) in [5.74, 6) is 0.684. The van der Waals surface area contributed by atoms with Crippen LogP contribution in [-0.4, -0.2) is 31.2 Å². The second-order valence-corrected chi connectivity index (χ2v) is 7.49. The zero-order valence-corrected chi connectivity index (χ0v) is 19.7. The van der Waals surface area contributed by atoms with Crippen LogP contribution < -0.4 is 20.1 Å². The topological polar surface area (TPSA) is 103 Å². The summed E-state index contributed by atoms with van der Waals surface area (Å²) in [4.78, 5) is 36.1. The Morgan fingerprint density at radius 2 is 1.37 bits per heavy atom. The number of ether oxygens (including phenoxy) is 3. The van der Waals surface area contributed by atoms with Gasteiger partial charge in [-0.15, -0.1) is 0 Å². The molecular formula is C27H28N2O6. The average Bonchev–Trinajstić information content (AvgIpc) is 2.85. The molecule has 0 atom stereocenters. The molecule has 2 N–H and O–H groups in total. The van der Waals surface area contributed by atoms with E-state index in [1.165, 1.54) is 12.1 Å². The molecule has 0 aliphatic heterocycles. The first-order valence-electron chi connectivity index (χ1n) is 11.3. The van der Waals surface area contributed by atoms with Crippen molar-refractivity contribution in [2.45, 2.75) is 26.8 Å². The largest absolute Gasteiger partial charge is 0.513 e. The van der Waals surface area contributed by atoms with Gasteiger partial charge in [0.05, 0.1) is 19.6 Å². The number of carbonyl (C=O) groups excluding carboxylic acids is 3. The number of nitrogens with one attached hydrogen (secondary N) is 2. The predicted molar refractivity (Wildman–Crippen MR) is 132 cm³/mol.